The van der Waals surface area contributed by atoms with Gasteiger partial charge in [-0.3, -0.25) is 9.69 Å². The summed E-state index contributed by atoms with van der Waals surface area (Å²) >= 11 is 0. The van der Waals surface area contributed by atoms with E-state index in [0.29, 0.717) is 0 Å². The maximum Gasteiger partial charge on any atom is 0.244 e. The first-order valence-corrected chi connectivity index (χ1v) is 8.49. The van der Waals surface area contributed by atoms with Crippen molar-refractivity contribution in [2.24, 2.45) is 5.73 Å². The summed E-state index contributed by atoms with van der Waals surface area (Å²) in [7, 11) is 0. The number of halogens is 2. The fraction of sp³-hybridized carbons (Fsp3) is 0.611. The van der Waals surface area contributed by atoms with Gasteiger partial charge in [0.2, 0.25) is 5.91 Å². The highest BCUT2D eigenvalue weighted by Gasteiger charge is 2.35. The summed E-state index contributed by atoms with van der Waals surface area (Å²) in [4.78, 5) is 14.8. The van der Waals surface area contributed by atoms with Gasteiger partial charge in [-0.25, -0.2) is 0 Å². The van der Waals surface area contributed by atoms with Crippen LogP contribution in [0.3, 0.4) is 0 Å². The maximum absolute atomic E-state index is 12.5. The first-order valence-electron chi connectivity index (χ1n) is 8.49. The van der Waals surface area contributed by atoms with Crippen LogP contribution in [0, 0.1) is 0 Å². The third kappa shape index (κ3) is 6.25. The second kappa shape index (κ2) is 10.9. The van der Waals surface area contributed by atoms with Gasteiger partial charge in [-0.15, -0.1) is 24.8 Å². The van der Waals surface area contributed by atoms with Gasteiger partial charge in [-0.2, -0.15) is 0 Å². The van der Waals surface area contributed by atoms with Crippen LogP contribution in [0.2, 0.25) is 0 Å². The Bertz CT molecular complexity index is 501. The summed E-state index contributed by atoms with van der Waals surface area (Å²) in [6.07, 6.45) is 4.86. The Kier molecular flexibility index (Phi) is 10.6. The van der Waals surface area contributed by atoms with Crippen molar-refractivity contribution in [3.8, 4) is 0 Å². The summed E-state index contributed by atoms with van der Waals surface area (Å²) in [5, 5.41) is 3.02. The van der Waals surface area contributed by atoms with Gasteiger partial charge in [0, 0.05) is 12.2 Å². The van der Waals surface area contributed by atoms with E-state index in [1.807, 2.05) is 12.1 Å². The maximum atomic E-state index is 12.5. The van der Waals surface area contributed by atoms with E-state index in [9.17, 15) is 4.79 Å². The third-order valence-electron chi connectivity index (χ3n) is 4.68. The van der Waals surface area contributed by atoms with Crippen LogP contribution in [0.4, 0.5) is 5.69 Å². The molecule has 1 aliphatic carbocycles. The molecule has 0 aromatic heterocycles. The number of hydrogen-bond donors (Lipinski definition) is 2. The predicted molar refractivity (Wildman–Crippen MR) is 106 cm³/mol. The molecule has 0 heterocycles. The molecule has 138 valence electrons. The molecule has 2 rings (SSSR count). The summed E-state index contributed by atoms with van der Waals surface area (Å²) in [5.74, 6) is -0.0350. The highest BCUT2D eigenvalue weighted by molar-refractivity contribution is 5.98. The molecule has 1 aromatic carbocycles. The van der Waals surface area contributed by atoms with Gasteiger partial charge in [0.15, 0.2) is 0 Å². The molecule has 0 saturated heterocycles. The lowest BCUT2D eigenvalue weighted by atomic mass is 9.82. The molecule has 0 spiro atoms. The largest absolute Gasteiger partial charge is 0.324 e. The Morgan fingerprint density at radius 2 is 1.79 bits per heavy atom. The molecule has 24 heavy (non-hydrogen) atoms. The van der Waals surface area contributed by atoms with Crippen LogP contribution < -0.4 is 11.1 Å². The Morgan fingerprint density at radius 1 is 1.17 bits per heavy atom. The van der Waals surface area contributed by atoms with Crippen molar-refractivity contribution in [3.05, 3.63) is 29.8 Å². The van der Waals surface area contributed by atoms with Crippen LogP contribution in [0.25, 0.3) is 0 Å². The molecule has 1 aromatic rings. The zero-order chi connectivity index (χ0) is 16.0. The Labute approximate surface area is 158 Å². The van der Waals surface area contributed by atoms with Crippen molar-refractivity contribution < 1.29 is 4.79 Å². The molecule has 1 amide bonds. The number of hydrogen-bond acceptors (Lipinski definition) is 3. The summed E-state index contributed by atoms with van der Waals surface area (Å²) in [6, 6.07) is 8.10. The van der Waals surface area contributed by atoms with Gasteiger partial charge in [0.05, 0.1) is 5.54 Å². The number of benzene rings is 1. The molecule has 0 unspecified atom stereocenters. The van der Waals surface area contributed by atoms with E-state index >= 15 is 0 Å². The van der Waals surface area contributed by atoms with Crippen molar-refractivity contribution in [2.75, 3.05) is 18.4 Å². The number of carbonyl (C=O) groups is 1. The van der Waals surface area contributed by atoms with E-state index in [0.717, 1.165) is 51.0 Å². The summed E-state index contributed by atoms with van der Waals surface area (Å²) < 4.78 is 0. The van der Waals surface area contributed by atoms with Gasteiger partial charge in [-0.1, -0.05) is 45.2 Å². The highest BCUT2D eigenvalue weighted by atomic mass is 35.5. The van der Waals surface area contributed by atoms with Gasteiger partial charge < -0.3 is 11.1 Å². The first kappa shape index (κ1) is 23.2. The van der Waals surface area contributed by atoms with Crippen LogP contribution in [0.5, 0.6) is 0 Å². The van der Waals surface area contributed by atoms with Gasteiger partial charge in [0.1, 0.15) is 0 Å². The molecule has 1 saturated carbocycles. The second-order valence-electron chi connectivity index (χ2n) is 6.33. The van der Waals surface area contributed by atoms with Crippen LogP contribution in [0.1, 0.15) is 51.5 Å². The van der Waals surface area contributed by atoms with Crippen LogP contribution >= 0.6 is 24.8 Å². The van der Waals surface area contributed by atoms with E-state index in [-0.39, 0.29) is 30.7 Å². The van der Waals surface area contributed by atoms with Crippen LogP contribution in [0.15, 0.2) is 24.3 Å². The SMILES string of the molecule is CCN(CC)Cc1cccc(NC(=O)C2(N)CCCCC2)c1.Cl.Cl. The molecule has 0 aliphatic heterocycles. The lowest BCUT2D eigenvalue weighted by Gasteiger charge is -2.31. The second-order valence-corrected chi connectivity index (χ2v) is 6.33. The van der Waals surface area contributed by atoms with Crippen molar-refractivity contribution in [3.63, 3.8) is 0 Å². The van der Waals surface area contributed by atoms with Crippen molar-refractivity contribution in [1.29, 1.82) is 0 Å². The summed E-state index contributed by atoms with van der Waals surface area (Å²) in [5.41, 5.74) is 7.68. The van der Waals surface area contributed by atoms with Crippen LogP contribution in [-0.4, -0.2) is 29.4 Å². The minimum absolute atomic E-state index is 0. The lowest BCUT2D eigenvalue weighted by molar-refractivity contribution is -0.122. The van der Waals surface area contributed by atoms with Gasteiger partial charge in [0.25, 0.3) is 0 Å². The number of rotatable bonds is 6. The molecule has 4 nitrogen and oxygen atoms in total. The zero-order valence-corrected chi connectivity index (χ0v) is 16.3. The molecule has 0 radical (unpaired) electrons. The Morgan fingerprint density at radius 3 is 2.38 bits per heavy atom. The van der Waals surface area contributed by atoms with Gasteiger partial charge in [-0.05, 0) is 43.6 Å². The number of carbonyl (C=O) groups excluding carboxylic acids is 1. The van der Waals surface area contributed by atoms with E-state index in [1.165, 1.54) is 12.0 Å². The van der Waals surface area contributed by atoms with E-state index in [2.05, 4.69) is 36.2 Å². The van der Waals surface area contributed by atoms with Gasteiger partial charge >= 0.3 is 0 Å². The number of nitrogens with one attached hydrogen (secondary N) is 1. The summed E-state index contributed by atoms with van der Waals surface area (Å²) in [6.45, 7) is 7.29. The van der Waals surface area contributed by atoms with E-state index in [4.69, 9.17) is 5.73 Å². The standard InChI is InChI=1S/C18H29N3O.2ClH/c1-3-21(4-2)14-15-9-8-10-16(13-15)20-17(22)18(19)11-6-5-7-12-18;;/h8-10,13H,3-7,11-12,14,19H2,1-2H3,(H,20,22);2*1H. The monoisotopic (exact) mass is 375 g/mol. The molecular weight excluding hydrogens is 345 g/mol. The average Bonchev–Trinajstić information content (AvgIpc) is 2.53. The topological polar surface area (TPSA) is 58.4 Å². The predicted octanol–water partition coefficient (Wildman–Crippen LogP) is 3.97. The average molecular weight is 376 g/mol. The highest BCUT2D eigenvalue weighted by Crippen LogP contribution is 2.27. The van der Waals surface area contributed by atoms with E-state index in [1.54, 1.807) is 0 Å². The molecule has 1 fully saturated rings. The Hall–Kier alpha value is -0.810. The quantitative estimate of drug-likeness (QED) is 0.790. The molecule has 0 bridgehead atoms. The lowest BCUT2D eigenvalue weighted by Crippen LogP contribution is -2.52. The van der Waals surface area contributed by atoms with Crippen LogP contribution in [-0.2, 0) is 11.3 Å². The Balaban J connectivity index is 0.00000264. The minimum atomic E-state index is -0.687. The number of anilines is 1. The fourth-order valence-corrected chi connectivity index (χ4v) is 3.12. The molecular formula is C18H31Cl2N3O. The number of amides is 1. The molecule has 3 N–H and O–H groups in total. The zero-order valence-electron chi connectivity index (χ0n) is 14.7. The smallest absolute Gasteiger partial charge is 0.244 e. The van der Waals surface area contributed by atoms with Crippen molar-refractivity contribution in [1.82, 2.24) is 4.90 Å². The van der Waals surface area contributed by atoms with E-state index < -0.39 is 5.54 Å². The number of nitrogens with two attached hydrogens (primary N) is 1. The third-order valence-corrected chi connectivity index (χ3v) is 4.68. The molecule has 1 aliphatic rings. The van der Waals surface area contributed by atoms with Crippen molar-refractivity contribution >= 4 is 36.4 Å². The first-order chi connectivity index (χ1) is 10.6. The molecule has 6 heteroatoms. The fourth-order valence-electron chi connectivity index (χ4n) is 3.12. The normalized spacial score (nSPS) is 16.0. The minimum Gasteiger partial charge on any atom is -0.324 e. The molecule has 0 atom stereocenters. The number of nitrogens with zero attached hydrogens (tertiary/aromatic N) is 1. The van der Waals surface area contributed by atoms with Crippen molar-refractivity contribution in [2.45, 2.75) is 58.0 Å².